The average molecular weight is 427 g/mol. The van der Waals surface area contributed by atoms with Gasteiger partial charge in [0.2, 0.25) is 0 Å². The van der Waals surface area contributed by atoms with Crippen LogP contribution in [0.3, 0.4) is 0 Å². The van der Waals surface area contributed by atoms with E-state index in [2.05, 4.69) is 27.8 Å². The van der Waals surface area contributed by atoms with Crippen LogP contribution < -0.4 is 10.1 Å². The number of anilines is 1. The van der Waals surface area contributed by atoms with Gasteiger partial charge in [-0.05, 0) is 53.3 Å². The minimum Gasteiger partial charge on any atom is -0.484 e. The molecule has 1 N–H and O–H groups in total. The molecular weight excluding hydrogens is 406 g/mol. The molecule has 0 spiro atoms. The summed E-state index contributed by atoms with van der Waals surface area (Å²) in [5.74, 6) is 0.290. The Labute approximate surface area is 177 Å². The van der Waals surface area contributed by atoms with E-state index in [0.717, 1.165) is 29.7 Å². The molecule has 2 aromatic heterocycles. The van der Waals surface area contributed by atoms with Crippen LogP contribution in [-0.4, -0.2) is 45.8 Å². The zero-order chi connectivity index (χ0) is 21.1. The lowest BCUT2D eigenvalue weighted by atomic mass is 9.88. The van der Waals surface area contributed by atoms with Gasteiger partial charge in [0, 0.05) is 10.9 Å². The highest BCUT2D eigenvalue weighted by atomic mass is 32.1. The van der Waals surface area contributed by atoms with Gasteiger partial charge in [-0.3, -0.25) is 4.79 Å². The summed E-state index contributed by atoms with van der Waals surface area (Å²) in [6.45, 7) is 1.99. The summed E-state index contributed by atoms with van der Waals surface area (Å²) in [6, 6.07) is 7.08. The highest BCUT2D eigenvalue weighted by molar-refractivity contribution is 7.17. The van der Waals surface area contributed by atoms with Crippen LogP contribution in [0, 0.1) is 5.92 Å². The minimum absolute atomic E-state index is 0.196. The molecule has 1 aliphatic carbocycles. The van der Waals surface area contributed by atoms with E-state index in [1.54, 1.807) is 18.2 Å². The van der Waals surface area contributed by atoms with Crippen molar-refractivity contribution in [1.29, 1.82) is 0 Å². The number of nitrogens with one attached hydrogen (secondary N) is 1. The summed E-state index contributed by atoms with van der Waals surface area (Å²) in [5, 5.41) is 14.4. The maximum atomic E-state index is 12.5. The van der Waals surface area contributed by atoms with Gasteiger partial charge in [-0.15, -0.1) is 16.4 Å². The molecule has 3 aromatic rings. The molecule has 0 saturated carbocycles. The molecule has 1 aliphatic rings. The molecule has 10 heteroatoms. The fourth-order valence-electron chi connectivity index (χ4n) is 3.46. The van der Waals surface area contributed by atoms with Crippen molar-refractivity contribution in [2.75, 3.05) is 19.0 Å². The number of esters is 1. The highest BCUT2D eigenvalue weighted by Gasteiger charge is 2.28. The number of aromatic nitrogens is 4. The number of rotatable bonds is 6. The average Bonchev–Trinajstić information content (AvgIpc) is 3.39. The molecular formula is C20H21N5O4S. The highest BCUT2D eigenvalue weighted by Crippen LogP contribution is 2.40. The van der Waals surface area contributed by atoms with E-state index < -0.39 is 5.97 Å². The normalized spacial score (nSPS) is 15.3. The number of methoxy groups -OCH3 is 1. The molecule has 156 valence electrons. The van der Waals surface area contributed by atoms with Crippen LogP contribution in [0.15, 0.2) is 30.6 Å². The second kappa shape index (κ2) is 8.62. The molecule has 4 rings (SSSR count). The van der Waals surface area contributed by atoms with Gasteiger partial charge in [-0.25, -0.2) is 9.48 Å². The monoisotopic (exact) mass is 427 g/mol. The number of ether oxygens (including phenoxy) is 2. The van der Waals surface area contributed by atoms with Crippen LogP contribution in [0.4, 0.5) is 5.00 Å². The van der Waals surface area contributed by atoms with E-state index in [9.17, 15) is 9.59 Å². The SMILES string of the molecule is COC(=O)c1c(NC(=O)COc2cccc(-n3cnnn3)c2)sc2c1CC[C@@H](C)C2. The van der Waals surface area contributed by atoms with Crippen LogP contribution in [0.25, 0.3) is 5.69 Å². The first-order valence-corrected chi connectivity index (χ1v) is 10.4. The van der Waals surface area contributed by atoms with Gasteiger partial charge in [0.1, 0.15) is 17.1 Å². The van der Waals surface area contributed by atoms with Crippen molar-refractivity contribution >= 4 is 28.2 Å². The maximum Gasteiger partial charge on any atom is 0.341 e. The van der Waals surface area contributed by atoms with Crippen LogP contribution in [0.2, 0.25) is 0 Å². The lowest BCUT2D eigenvalue weighted by Gasteiger charge is -2.18. The second-order valence-corrected chi connectivity index (χ2v) is 8.24. The first-order valence-electron chi connectivity index (χ1n) is 9.54. The zero-order valence-corrected chi connectivity index (χ0v) is 17.4. The Morgan fingerprint density at radius 3 is 3.00 bits per heavy atom. The molecule has 0 saturated heterocycles. The third-order valence-electron chi connectivity index (χ3n) is 4.96. The minimum atomic E-state index is -0.424. The van der Waals surface area contributed by atoms with Crippen LogP contribution in [0.5, 0.6) is 5.75 Å². The quantitative estimate of drug-likeness (QED) is 0.603. The number of thiophene rings is 1. The third-order valence-corrected chi connectivity index (χ3v) is 6.13. The fourth-order valence-corrected chi connectivity index (χ4v) is 4.88. The van der Waals surface area contributed by atoms with Gasteiger partial charge in [0.15, 0.2) is 6.61 Å². The number of fused-ring (bicyclic) bond motifs is 1. The largest absolute Gasteiger partial charge is 0.484 e. The van der Waals surface area contributed by atoms with E-state index in [1.807, 2.05) is 6.07 Å². The van der Waals surface area contributed by atoms with Gasteiger partial charge in [-0.1, -0.05) is 13.0 Å². The van der Waals surface area contributed by atoms with Crippen molar-refractivity contribution in [1.82, 2.24) is 20.2 Å². The molecule has 1 atom stereocenters. The Balaban J connectivity index is 1.46. The number of carbonyl (C=O) groups excluding carboxylic acids is 2. The van der Waals surface area contributed by atoms with Crippen LogP contribution in [0.1, 0.15) is 34.1 Å². The Morgan fingerprint density at radius 1 is 1.37 bits per heavy atom. The zero-order valence-electron chi connectivity index (χ0n) is 16.6. The number of amides is 1. The van der Waals surface area contributed by atoms with Crippen molar-refractivity contribution in [3.63, 3.8) is 0 Å². The Morgan fingerprint density at radius 2 is 2.23 bits per heavy atom. The molecule has 9 nitrogen and oxygen atoms in total. The summed E-state index contributed by atoms with van der Waals surface area (Å²) < 4.78 is 12.1. The van der Waals surface area contributed by atoms with E-state index in [-0.39, 0.29) is 12.5 Å². The Kier molecular flexibility index (Phi) is 5.75. The molecule has 0 unspecified atom stereocenters. The smallest absolute Gasteiger partial charge is 0.341 e. The van der Waals surface area contributed by atoms with Crippen molar-refractivity contribution in [3.8, 4) is 11.4 Å². The van der Waals surface area contributed by atoms with Gasteiger partial charge in [-0.2, -0.15) is 0 Å². The first kappa shape index (κ1) is 20.0. The maximum absolute atomic E-state index is 12.5. The van der Waals surface area contributed by atoms with E-state index in [1.165, 1.54) is 29.5 Å². The van der Waals surface area contributed by atoms with Crippen LogP contribution >= 0.6 is 11.3 Å². The lowest BCUT2D eigenvalue weighted by molar-refractivity contribution is -0.118. The predicted molar refractivity (Wildman–Crippen MR) is 110 cm³/mol. The Bertz CT molecular complexity index is 1060. The standard InChI is InChI=1S/C20H21N5O4S/c1-12-6-7-15-16(8-12)30-19(18(15)20(27)28-2)22-17(26)10-29-14-5-3-4-13(9-14)25-11-21-23-24-25/h3-5,9,11-12H,6-8,10H2,1-2H3,(H,22,26)/t12-/m1/s1. The molecule has 1 aromatic carbocycles. The summed E-state index contributed by atoms with van der Waals surface area (Å²) in [7, 11) is 1.35. The molecule has 2 heterocycles. The number of carbonyl (C=O) groups is 2. The Hall–Kier alpha value is -3.27. The number of hydrogen-bond donors (Lipinski definition) is 1. The van der Waals surface area contributed by atoms with E-state index >= 15 is 0 Å². The molecule has 30 heavy (non-hydrogen) atoms. The molecule has 0 aliphatic heterocycles. The summed E-state index contributed by atoms with van der Waals surface area (Å²) in [5.41, 5.74) is 2.18. The van der Waals surface area contributed by atoms with Gasteiger partial charge in [0.05, 0.1) is 18.4 Å². The van der Waals surface area contributed by atoms with Crippen LogP contribution in [-0.2, 0) is 22.4 Å². The lowest BCUT2D eigenvalue weighted by Crippen LogP contribution is -2.21. The number of nitrogens with zero attached hydrogens (tertiary/aromatic N) is 4. The summed E-state index contributed by atoms with van der Waals surface area (Å²) in [6.07, 6.45) is 4.20. The first-order chi connectivity index (χ1) is 14.5. The fraction of sp³-hybridized carbons (Fsp3) is 0.350. The van der Waals surface area contributed by atoms with Crippen molar-refractivity contribution in [2.24, 2.45) is 5.92 Å². The molecule has 0 radical (unpaired) electrons. The summed E-state index contributed by atoms with van der Waals surface area (Å²) >= 11 is 1.45. The molecule has 0 fully saturated rings. The van der Waals surface area contributed by atoms with Gasteiger partial charge < -0.3 is 14.8 Å². The van der Waals surface area contributed by atoms with Crippen molar-refractivity contribution < 1.29 is 19.1 Å². The number of benzene rings is 1. The topological polar surface area (TPSA) is 108 Å². The predicted octanol–water partition coefficient (Wildman–Crippen LogP) is 2.65. The third kappa shape index (κ3) is 4.18. The van der Waals surface area contributed by atoms with Gasteiger partial charge in [0.25, 0.3) is 5.91 Å². The number of tetrazole rings is 1. The van der Waals surface area contributed by atoms with Crippen molar-refractivity contribution in [2.45, 2.75) is 26.2 Å². The summed E-state index contributed by atoms with van der Waals surface area (Å²) in [4.78, 5) is 26.0. The van der Waals surface area contributed by atoms with E-state index in [4.69, 9.17) is 9.47 Å². The van der Waals surface area contributed by atoms with Gasteiger partial charge >= 0.3 is 5.97 Å². The number of hydrogen-bond acceptors (Lipinski definition) is 8. The molecule has 1 amide bonds. The van der Waals surface area contributed by atoms with Crippen molar-refractivity contribution in [3.05, 3.63) is 46.6 Å². The molecule has 0 bridgehead atoms. The van der Waals surface area contributed by atoms with E-state index in [0.29, 0.717) is 27.9 Å². The second-order valence-electron chi connectivity index (χ2n) is 7.14.